The molecule has 13 heteroatoms. The highest BCUT2D eigenvalue weighted by atomic mass is 32.2. The Morgan fingerprint density at radius 3 is 2.32 bits per heavy atom. The molecule has 4 rings (SSSR count). The maximum Gasteiger partial charge on any atom is 0.410 e. The van der Waals surface area contributed by atoms with Crippen molar-refractivity contribution >= 4 is 21.5 Å². The fraction of sp³-hybridized carbons (Fsp3) is 0.560. The molecular formula is C25H32F4N4O4S. The number of nitrogens with zero attached hydrogens (tertiary/aromatic N) is 4. The van der Waals surface area contributed by atoms with E-state index in [9.17, 15) is 26.0 Å². The number of alkyl halides is 3. The molecular weight excluding hydrogens is 528 g/mol. The van der Waals surface area contributed by atoms with E-state index in [4.69, 9.17) is 9.47 Å². The van der Waals surface area contributed by atoms with Crippen LogP contribution >= 0.6 is 0 Å². The van der Waals surface area contributed by atoms with Gasteiger partial charge in [-0.1, -0.05) is 0 Å². The van der Waals surface area contributed by atoms with Crippen LogP contribution < -0.4 is 14.5 Å². The number of morpholine rings is 1. The van der Waals surface area contributed by atoms with E-state index in [1.165, 1.54) is 0 Å². The number of anilines is 2. The van der Waals surface area contributed by atoms with Gasteiger partial charge in [-0.2, -0.15) is 22.5 Å². The van der Waals surface area contributed by atoms with Gasteiger partial charge in [0.1, 0.15) is 23.3 Å². The van der Waals surface area contributed by atoms with Crippen LogP contribution in [0.25, 0.3) is 0 Å². The first-order chi connectivity index (χ1) is 17.6. The predicted molar refractivity (Wildman–Crippen MR) is 135 cm³/mol. The first-order valence-corrected chi connectivity index (χ1v) is 13.7. The van der Waals surface area contributed by atoms with Gasteiger partial charge in [0, 0.05) is 50.0 Å². The molecule has 0 saturated carbocycles. The molecule has 0 radical (unpaired) electrons. The molecule has 2 atom stereocenters. The average molecular weight is 561 g/mol. The summed E-state index contributed by atoms with van der Waals surface area (Å²) in [6.07, 6.45) is -4.76. The lowest BCUT2D eigenvalue weighted by molar-refractivity contribution is -0.153. The molecule has 1 unspecified atom stereocenters. The molecule has 0 spiro atoms. The third kappa shape index (κ3) is 6.32. The van der Waals surface area contributed by atoms with Crippen molar-refractivity contribution in [3.63, 3.8) is 0 Å². The molecule has 0 bridgehead atoms. The van der Waals surface area contributed by atoms with E-state index in [0.717, 1.165) is 33.5 Å². The van der Waals surface area contributed by atoms with Crippen molar-refractivity contribution in [2.45, 2.75) is 56.5 Å². The number of pyridine rings is 1. The number of halogens is 4. The largest absolute Gasteiger partial charge is 0.472 e. The summed E-state index contributed by atoms with van der Waals surface area (Å²) in [6, 6.07) is 5.13. The van der Waals surface area contributed by atoms with Crippen molar-refractivity contribution in [1.29, 1.82) is 0 Å². The zero-order chi connectivity index (χ0) is 27.9. The van der Waals surface area contributed by atoms with E-state index in [0.29, 0.717) is 25.4 Å². The van der Waals surface area contributed by atoms with Gasteiger partial charge in [0.15, 0.2) is 0 Å². The Balaban J connectivity index is 1.70. The van der Waals surface area contributed by atoms with Gasteiger partial charge in [0.2, 0.25) is 15.9 Å². The van der Waals surface area contributed by atoms with Crippen molar-refractivity contribution < 1.29 is 35.5 Å². The molecule has 210 valence electrons. The number of ether oxygens (including phenoxy) is 2. The summed E-state index contributed by atoms with van der Waals surface area (Å²) in [4.78, 5) is 7.26. The molecule has 2 aromatic rings. The third-order valence-corrected chi connectivity index (χ3v) is 8.23. The fourth-order valence-corrected chi connectivity index (χ4v) is 5.99. The quantitative estimate of drug-likeness (QED) is 0.511. The maximum absolute atomic E-state index is 14.4. The summed E-state index contributed by atoms with van der Waals surface area (Å²) in [5.41, 5.74) is -0.00225. The lowest BCUT2D eigenvalue weighted by atomic mass is 10.1. The van der Waals surface area contributed by atoms with Gasteiger partial charge in [-0.15, -0.1) is 0 Å². The van der Waals surface area contributed by atoms with Crippen molar-refractivity contribution in [2.75, 3.05) is 49.2 Å². The fourth-order valence-electron chi connectivity index (χ4n) is 4.55. The highest BCUT2D eigenvalue weighted by Gasteiger charge is 2.49. The van der Waals surface area contributed by atoms with E-state index in [1.54, 1.807) is 12.1 Å². The zero-order valence-corrected chi connectivity index (χ0v) is 22.5. The highest BCUT2D eigenvalue weighted by molar-refractivity contribution is 7.89. The molecule has 1 aromatic heterocycles. The number of hydrogen-bond acceptors (Lipinski definition) is 7. The van der Waals surface area contributed by atoms with Gasteiger partial charge in [0.25, 0.3) is 0 Å². The minimum atomic E-state index is -4.76. The summed E-state index contributed by atoms with van der Waals surface area (Å²) in [7, 11) is -4.27. The van der Waals surface area contributed by atoms with Crippen LogP contribution in [0.4, 0.5) is 29.1 Å². The average Bonchev–Trinajstić information content (AvgIpc) is 2.82. The Hall–Kier alpha value is -2.64. The van der Waals surface area contributed by atoms with Gasteiger partial charge in [-0.3, -0.25) is 0 Å². The van der Waals surface area contributed by atoms with Crippen LogP contribution in [0.5, 0.6) is 5.88 Å². The Labute approximate surface area is 220 Å². The van der Waals surface area contributed by atoms with Gasteiger partial charge < -0.3 is 19.3 Å². The normalized spacial score (nSPS) is 22.0. The second-order valence-corrected chi connectivity index (χ2v) is 12.4. The van der Waals surface area contributed by atoms with Crippen LogP contribution in [0.1, 0.15) is 27.7 Å². The Morgan fingerprint density at radius 1 is 1.03 bits per heavy atom. The van der Waals surface area contributed by atoms with E-state index >= 15 is 0 Å². The van der Waals surface area contributed by atoms with E-state index < -0.39 is 40.2 Å². The van der Waals surface area contributed by atoms with Gasteiger partial charge in [-0.25, -0.2) is 12.8 Å². The third-order valence-electron chi connectivity index (χ3n) is 6.35. The first kappa shape index (κ1) is 28.4. The first-order valence-electron chi connectivity index (χ1n) is 12.3. The molecule has 0 N–H and O–H groups in total. The van der Waals surface area contributed by atoms with Crippen LogP contribution in [-0.4, -0.2) is 81.0 Å². The Kier molecular flexibility index (Phi) is 7.84. The molecule has 1 aromatic carbocycles. The lowest BCUT2D eigenvalue weighted by Gasteiger charge is -2.42. The van der Waals surface area contributed by atoms with E-state index in [-0.39, 0.29) is 35.7 Å². The minimum Gasteiger partial charge on any atom is -0.472 e. The Bertz CT molecular complexity index is 1240. The maximum atomic E-state index is 14.4. The summed E-state index contributed by atoms with van der Waals surface area (Å²) >= 11 is 0. The second-order valence-electron chi connectivity index (χ2n) is 10.4. The second kappa shape index (κ2) is 10.5. The number of aromatic nitrogens is 1. The number of piperazine rings is 1. The van der Waals surface area contributed by atoms with Crippen LogP contribution in [0, 0.1) is 5.82 Å². The van der Waals surface area contributed by atoms with Crippen molar-refractivity contribution in [3.8, 4) is 5.88 Å². The standard InChI is InChI=1S/C25H32F4N4O4S/c1-17-16-36-12-11-32(17)19-13-22(30-23(14-19)37-24(2,3)4)33-10-9-31(15-21(33)25(27,28)29)38(34,35)20-7-5-18(26)6-8-20/h5-8,13-14,17,21H,9-12,15-16H2,1-4H3/t17-,21?/m1/s1. The molecule has 2 saturated heterocycles. The molecule has 3 heterocycles. The monoisotopic (exact) mass is 560 g/mol. The molecule has 2 aliphatic rings. The molecule has 38 heavy (non-hydrogen) atoms. The van der Waals surface area contributed by atoms with Crippen LogP contribution in [-0.2, 0) is 14.8 Å². The van der Waals surface area contributed by atoms with Gasteiger partial charge >= 0.3 is 6.18 Å². The minimum absolute atomic E-state index is 0.0161. The predicted octanol–water partition coefficient (Wildman–Crippen LogP) is 4.06. The SMILES string of the molecule is C[C@@H]1COCCN1c1cc(OC(C)(C)C)nc(N2CCN(S(=O)(=O)c3ccc(F)cc3)CC2C(F)(F)F)c1. The summed E-state index contributed by atoms with van der Waals surface area (Å²) in [5.74, 6) is -0.427. The highest BCUT2D eigenvalue weighted by Crippen LogP contribution is 2.36. The molecule has 0 aliphatic carbocycles. The Morgan fingerprint density at radius 2 is 1.71 bits per heavy atom. The smallest absolute Gasteiger partial charge is 0.410 e. The summed E-state index contributed by atoms with van der Waals surface area (Å²) in [5, 5.41) is 0. The number of sulfonamides is 1. The van der Waals surface area contributed by atoms with Crippen molar-refractivity contribution in [3.05, 3.63) is 42.2 Å². The number of hydrogen-bond donors (Lipinski definition) is 0. The van der Waals surface area contributed by atoms with Crippen LogP contribution in [0.15, 0.2) is 41.3 Å². The van der Waals surface area contributed by atoms with Crippen LogP contribution in [0.2, 0.25) is 0 Å². The number of benzene rings is 1. The topological polar surface area (TPSA) is 75.2 Å². The molecule has 0 amide bonds. The lowest BCUT2D eigenvalue weighted by Crippen LogP contribution is -2.60. The van der Waals surface area contributed by atoms with Gasteiger partial charge in [0.05, 0.1) is 18.1 Å². The van der Waals surface area contributed by atoms with E-state index in [1.807, 2.05) is 32.6 Å². The van der Waals surface area contributed by atoms with E-state index in [2.05, 4.69) is 4.98 Å². The zero-order valence-electron chi connectivity index (χ0n) is 21.7. The van der Waals surface area contributed by atoms with Crippen molar-refractivity contribution in [1.82, 2.24) is 9.29 Å². The van der Waals surface area contributed by atoms with Crippen LogP contribution in [0.3, 0.4) is 0 Å². The summed E-state index contributed by atoms with van der Waals surface area (Å²) < 4.78 is 94.9. The molecule has 2 aliphatic heterocycles. The summed E-state index contributed by atoms with van der Waals surface area (Å²) in [6.45, 7) is 7.60. The van der Waals surface area contributed by atoms with Crippen molar-refractivity contribution in [2.24, 2.45) is 0 Å². The molecule has 2 fully saturated rings. The number of rotatable bonds is 5. The molecule has 8 nitrogen and oxygen atoms in total. The van der Waals surface area contributed by atoms with Gasteiger partial charge in [-0.05, 0) is 52.0 Å².